The predicted octanol–water partition coefficient (Wildman–Crippen LogP) is 3.75. The van der Waals surface area contributed by atoms with Gasteiger partial charge in [0.2, 0.25) is 0 Å². The maximum atomic E-state index is 12.4. The van der Waals surface area contributed by atoms with Crippen LogP contribution in [0.3, 0.4) is 0 Å². The number of alkyl halides is 3. The van der Waals surface area contributed by atoms with Crippen molar-refractivity contribution in [2.45, 2.75) is 26.1 Å². The molecular formula is C13H15F3INO. The molecule has 0 N–H and O–H groups in total. The SMILES string of the molecule is CC(C)N(CC(=O)c1ccc(I)cc1)CC(F)(F)F. The first-order valence-corrected chi connectivity index (χ1v) is 6.86. The molecule has 106 valence electrons. The Bertz CT molecular complexity index is 429. The second-order valence-electron chi connectivity index (χ2n) is 4.54. The van der Waals surface area contributed by atoms with Gasteiger partial charge in [-0.1, -0.05) is 12.1 Å². The van der Waals surface area contributed by atoms with Gasteiger partial charge in [0.1, 0.15) is 0 Å². The van der Waals surface area contributed by atoms with E-state index in [2.05, 4.69) is 22.6 Å². The lowest BCUT2D eigenvalue weighted by molar-refractivity contribution is -0.148. The Morgan fingerprint density at radius 1 is 1.26 bits per heavy atom. The zero-order chi connectivity index (χ0) is 14.6. The van der Waals surface area contributed by atoms with E-state index in [0.29, 0.717) is 5.56 Å². The molecular weight excluding hydrogens is 370 g/mol. The van der Waals surface area contributed by atoms with Gasteiger partial charge in [-0.2, -0.15) is 13.2 Å². The standard InChI is InChI=1S/C13H15F3INO/c1-9(2)18(8-13(14,15)16)7-12(19)10-3-5-11(17)6-4-10/h3-6,9H,7-8H2,1-2H3. The Balaban J connectivity index is 2.74. The first-order valence-electron chi connectivity index (χ1n) is 5.78. The van der Waals surface area contributed by atoms with E-state index in [4.69, 9.17) is 0 Å². The molecule has 0 atom stereocenters. The number of benzene rings is 1. The fraction of sp³-hybridized carbons (Fsp3) is 0.462. The highest BCUT2D eigenvalue weighted by Crippen LogP contribution is 2.18. The first-order chi connectivity index (χ1) is 8.69. The summed E-state index contributed by atoms with van der Waals surface area (Å²) in [6, 6.07) is 6.45. The van der Waals surface area contributed by atoms with E-state index in [-0.39, 0.29) is 18.4 Å². The lowest BCUT2D eigenvalue weighted by atomic mass is 10.1. The van der Waals surface area contributed by atoms with Crippen LogP contribution >= 0.6 is 22.6 Å². The molecule has 0 heterocycles. The smallest absolute Gasteiger partial charge is 0.293 e. The Labute approximate surface area is 124 Å². The summed E-state index contributed by atoms with van der Waals surface area (Å²) < 4.78 is 38.2. The zero-order valence-electron chi connectivity index (χ0n) is 10.7. The van der Waals surface area contributed by atoms with Crippen LogP contribution in [0.1, 0.15) is 24.2 Å². The van der Waals surface area contributed by atoms with Gasteiger partial charge >= 0.3 is 6.18 Å². The van der Waals surface area contributed by atoms with E-state index >= 15 is 0 Å². The summed E-state index contributed by atoms with van der Waals surface area (Å²) in [6.07, 6.45) is -4.30. The predicted molar refractivity (Wildman–Crippen MR) is 76.3 cm³/mol. The highest BCUT2D eigenvalue weighted by Gasteiger charge is 2.32. The van der Waals surface area contributed by atoms with Crippen LogP contribution in [0.25, 0.3) is 0 Å². The van der Waals surface area contributed by atoms with Crippen LogP contribution in [-0.2, 0) is 0 Å². The first kappa shape index (κ1) is 16.4. The van der Waals surface area contributed by atoms with Crippen molar-refractivity contribution in [3.05, 3.63) is 33.4 Å². The summed E-state index contributed by atoms with van der Waals surface area (Å²) in [5, 5.41) is 0. The number of nitrogens with zero attached hydrogens (tertiary/aromatic N) is 1. The fourth-order valence-electron chi connectivity index (χ4n) is 1.56. The molecule has 0 saturated heterocycles. The topological polar surface area (TPSA) is 20.3 Å². The Morgan fingerprint density at radius 2 is 1.79 bits per heavy atom. The van der Waals surface area contributed by atoms with Crippen LogP contribution in [0, 0.1) is 3.57 Å². The van der Waals surface area contributed by atoms with Gasteiger partial charge < -0.3 is 0 Å². The van der Waals surface area contributed by atoms with Crippen molar-refractivity contribution in [2.75, 3.05) is 13.1 Å². The van der Waals surface area contributed by atoms with Gasteiger partial charge in [0.25, 0.3) is 0 Å². The third kappa shape index (κ3) is 5.90. The van der Waals surface area contributed by atoms with Crippen molar-refractivity contribution in [3.8, 4) is 0 Å². The summed E-state index contributed by atoms with van der Waals surface area (Å²) in [5.74, 6) is -0.297. The second kappa shape index (κ2) is 6.69. The van der Waals surface area contributed by atoms with Gasteiger partial charge in [-0.15, -0.1) is 0 Å². The van der Waals surface area contributed by atoms with E-state index in [1.54, 1.807) is 38.1 Å². The molecule has 6 heteroatoms. The van der Waals surface area contributed by atoms with Crippen LogP contribution < -0.4 is 0 Å². The molecule has 1 aromatic rings. The van der Waals surface area contributed by atoms with Crippen LogP contribution in [0.4, 0.5) is 13.2 Å². The van der Waals surface area contributed by atoms with Gasteiger partial charge in [0.15, 0.2) is 5.78 Å². The minimum absolute atomic E-state index is 0.224. The number of hydrogen-bond acceptors (Lipinski definition) is 2. The number of carbonyl (C=O) groups is 1. The lowest BCUT2D eigenvalue weighted by Crippen LogP contribution is -2.42. The van der Waals surface area contributed by atoms with Gasteiger partial charge in [-0.25, -0.2) is 0 Å². The third-order valence-corrected chi connectivity index (χ3v) is 3.34. The second-order valence-corrected chi connectivity index (χ2v) is 5.79. The molecule has 0 fully saturated rings. The molecule has 0 spiro atoms. The van der Waals surface area contributed by atoms with Crippen molar-refractivity contribution in [2.24, 2.45) is 0 Å². The molecule has 0 aliphatic heterocycles. The molecule has 0 bridgehead atoms. The van der Waals surface area contributed by atoms with Gasteiger partial charge in [0.05, 0.1) is 13.1 Å². The normalized spacial score (nSPS) is 12.2. The summed E-state index contributed by atoms with van der Waals surface area (Å²) in [7, 11) is 0. The molecule has 0 amide bonds. The van der Waals surface area contributed by atoms with Gasteiger partial charge in [0, 0.05) is 15.2 Å². The Morgan fingerprint density at radius 3 is 2.21 bits per heavy atom. The van der Waals surface area contributed by atoms with E-state index in [1.807, 2.05) is 0 Å². The van der Waals surface area contributed by atoms with Crippen molar-refractivity contribution in [1.82, 2.24) is 4.90 Å². The quantitative estimate of drug-likeness (QED) is 0.569. The highest BCUT2D eigenvalue weighted by atomic mass is 127. The van der Waals surface area contributed by atoms with Crippen molar-refractivity contribution < 1.29 is 18.0 Å². The summed E-state index contributed by atoms with van der Waals surface area (Å²) in [4.78, 5) is 13.1. The lowest BCUT2D eigenvalue weighted by Gasteiger charge is -2.26. The average Bonchev–Trinajstić information content (AvgIpc) is 2.27. The van der Waals surface area contributed by atoms with E-state index < -0.39 is 12.7 Å². The Hall–Kier alpha value is -0.630. The molecule has 19 heavy (non-hydrogen) atoms. The Kier molecular flexibility index (Phi) is 5.79. The fourth-order valence-corrected chi connectivity index (χ4v) is 1.92. The highest BCUT2D eigenvalue weighted by molar-refractivity contribution is 14.1. The van der Waals surface area contributed by atoms with Crippen LogP contribution in [-0.4, -0.2) is 36.0 Å². The number of hydrogen-bond donors (Lipinski definition) is 0. The number of halogens is 4. The molecule has 0 radical (unpaired) electrons. The molecule has 0 saturated carbocycles. The third-order valence-electron chi connectivity index (χ3n) is 2.63. The van der Waals surface area contributed by atoms with Crippen LogP contribution in [0.5, 0.6) is 0 Å². The molecule has 0 aliphatic carbocycles. The van der Waals surface area contributed by atoms with E-state index in [1.165, 1.54) is 0 Å². The number of ketones is 1. The summed E-state index contributed by atoms with van der Waals surface area (Å²) in [6.45, 7) is 2.00. The molecule has 2 nitrogen and oxygen atoms in total. The monoisotopic (exact) mass is 385 g/mol. The van der Waals surface area contributed by atoms with Gasteiger partial charge in [-0.3, -0.25) is 9.69 Å². The van der Waals surface area contributed by atoms with Crippen LogP contribution in [0.2, 0.25) is 0 Å². The maximum absolute atomic E-state index is 12.4. The zero-order valence-corrected chi connectivity index (χ0v) is 12.8. The van der Waals surface area contributed by atoms with E-state index in [0.717, 1.165) is 8.47 Å². The average molecular weight is 385 g/mol. The van der Waals surface area contributed by atoms with Gasteiger partial charge in [-0.05, 0) is 48.6 Å². The largest absolute Gasteiger partial charge is 0.401 e. The summed E-state index contributed by atoms with van der Waals surface area (Å²) in [5.41, 5.74) is 0.438. The minimum Gasteiger partial charge on any atom is -0.293 e. The molecule has 0 unspecified atom stereocenters. The minimum atomic E-state index is -4.30. The number of rotatable bonds is 5. The summed E-state index contributed by atoms with van der Waals surface area (Å²) >= 11 is 2.10. The maximum Gasteiger partial charge on any atom is 0.401 e. The molecule has 0 aromatic heterocycles. The van der Waals surface area contributed by atoms with Crippen LogP contribution in [0.15, 0.2) is 24.3 Å². The molecule has 1 aromatic carbocycles. The number of Topliss-reactive ketones (excluding diaryl/α,β-unsaturated/α-hetero) is 1. The van der Waals surface area contributed by atoms with E-state index in [9.17, 15) is 18.0 Å². The molecule has 1 rings (SSSR count). The van der Waals surface area contributed by atoms with Crippen molar-refractivity contribution in [1.29, 1.82) is 0 Å². The number of carbonyl (C=O) groups excluding carboxylic acids is 1. The van der Waals surface area contributed by atoms with Crippen molar-refractivity contribution in [3.63, 3.8) is 0 Å². The molecule has 0 aliphatic rings. The van der Waals surface area contributed by atoms with Crippen molar-refractivity contribution >= 4 is 28.4 Å².